The number of hydrogen-bond acceptors (Lipinski definition) is 3. The molecule has 3 heteroatoms. The molecule has 2 aliphatic heterocycles. The zero-order valence-electron chi connectivity index (χ0n) is 11.9. The third kappa shape index (κ3) is 2.89. The molecule has 104 valence electrons. The van der Waals surface area contributed by atoms with Gasteiger partial charge in [-0.25, -0.2) is 0 Å². The first kappa shape index (κ1) is 12.9. The van der Waals surface area contributed by atoms with E-state index in [-0.39, 0.29) is 0 Å². The maximum atomic E-state index is 5.84. The van der Waals surface area contributed by atoms with Crippen molar-refractivity contribution in [3.63, 3.8) is 0 Å². The third-order valence-corrected chi connectivity index (χ3v) is 4.92. The summed E-state index contributed by atoms with van der Waals surface area (Å²) in [5, 5.41) is 3.76. The quantitative estimate of drug-likeness (QED) is 0.827. The topological polar surface area (TPSA) is 24.5 Å². The highest BCUT2D eigenvalue weighted by Gasteiger charge is 2.40. The van der Waals surface area contributed by atoms with Gasteiger partial charge in [0.2, 0.25) is 0 Å². The maximum absolute atomic E-state index is 5.84. The summed E-state index contributed by atoms with van der Waals surface area (Å²) in [7, 11) is 0. The van der Waals surface area contributed by atoms with Gasteiger partial charge in [-0.05, 0) is 37.5 Å². The van der Waals surface area contributed by atoms with Gasteiger partial charge in [0.05, 0.1) is 6.10 Å². The zero-order valence-corrected chi connectivity index (χ0v) is 11.9. The second-order valence-corrected chi connectivity index (χ2v) is 6.75. The van der Waals surface area contributed by atoms with Crippen molar-refractivity contribution < 1.29 is 4.74 Å². The highest BCUT2D eigenvalue weighted by Crippen LogP contribution is 2.37. The van der Waals surface area contributed by atoms with Crippen LogP contribution in [-0.4, -0.2) is 49.3 Å². The maximum Gasteiger partial charge on any atom is 0.0702 e. The third-order valence-electron chi connectivity index (χ3n) is 4.92. The fourth-order valence-electron chi connectivity index (χ4n) is 3.51. The smallest absolute Gasteiger partial charge is 0.0702 e. The van der Waals surface area contributed by atoms with E-state index in [1.807, 2.05) is 0 Å². The SMILES string of the molecule is CC(C)C1CN(CC2CCCO2)C(C2CC2)CN1. The van der Waals surface area contributed by atoms with Crippen molar-refractivity contribution in [3.8, 4) is 0 Å². The molecule has 0 aromatic rings. The van der Waals surface area contributed by atoms with Crippen molar-refractivity contribution in [1.82, 2.24) is 10.2 Å². The van der Waals surface area contributed by atoms with E-state index in [4.69, 9.17) is 4.74 Å². The Labute approximate surface area is 111 Å². The lowest BCUT2D eigenvalue weighted by molar-refractivity contribution is 0.0284. The molecule has 0 aromatic carbocycles. The fraction of sp³-hybridized carbons (Fsp3) is 1.00. The van der Waals surface area contributed by atoms with Crippen molar-refractivity contribution >= 4 is 0 Å². The molecule has 1 aliphatic carbocycles. The first-order chi connectivity index (χ1) is 8.74. The molecule has 0 bridgehead atoms. The Kier molecular flexibility index (Phi) is 3.92. The van der Waals surface area contributed by atoms with Crippen molar-refractivity contribution in [2.45, 2.75) is 57.7 Å². The molecule has 0 aromatic heterocycles. The Hall–Kier alpha value is -0.120. The molecule has 1 saturated carbocycles. The summed E-state index contributed by atoms with van der Waals surface area (Å²) in [6, 6.07) is 1.45. The minimum Gasteiger partial charge on any atom is -0.377 e. The van der Waals surface area contributed by atoms with Crippen LogP contribution in [0.3, 0.4) is 0 Å². The summed E-state index contributed by atoms with van der Waals surface area (Å²) in [5.74, 6) is 1.70. The molecule has 0 spiro atoms. The van der Waals surface area contributed by atoms with Gasteiger partial charge in [-0.1, -0.05) is 13.8 Å². The predicted octanol–water partition coefficient (Wildman–Crippen LogP) is 1.87. The summed E-state index contributed by atoms with van der Waals surface area (Å²) in [6.45, 7) is 9.24. The molecule has 3 atom stereocenters. The lowest BCUT2D eigenvalue weighted by Crippen LogP contribution is -2.60. The molecule has 2 heterocycles. The van der Waals surface area contributed by atoms with E-state index >= 15 is 0 Å². The Morgan fingerprint density at radius 2 is 2.11 bits per heavy atom. The molecule has 3 unspecified atom stereocenters. The van der Waals surface area contributed by atoms with Crippen molar-refractivity contribution in [1.29, 1.82) is 0 Å². The number of nitrogens with zero attached hydrogens (tertiary/aromatic N) is 1. The zero-order chi connectivity index (χ0) is 12.5. The Morgan fingerprint density at radius 3 is 2.72 bits per heavy atom. The van der Waals surface area contributed by atoms with Crippen LogP contribution in [0.5, 0.6) is 0 Å². The monoisotopic (exact) mass is 252 g/mol. The number of ether oxygens (including phenoxy) is 1. The van der Waals surface area contributed by atoms with E-state index in [1.54, 1.807) is 0 Å². The lowest BCUT2D eigenvalue weighted by Gasteiger charge is -2.43. The van der Waals surface area contributed by atoms with Crippen LogP contribution in [0.15, 0.2) is 0 Å². The second kappa shape index (κ2) is 5.48. The van der Waals surface area contributed by atoms with Crippen LogP contribution in [0.2, 0.25) is 0 Å². The number of hydrogen-bond donors (Lipinski definition) is 1. The first-order valence-corrected chi connectivity index (χ1v) is 7.83. The molecule has 3 fully saturated rings. The van der Waals surface area contributed by atoms with E-state index < -0.39 is 0 Å². The minimum atomic E-state index is 0.511. The van der Waals surface area contributed by atoms with Gasteiger partial charge in [0.25, 0.3) is 0 Å². The van der Waals surface area contributed by atoms with E-state index in [1.165, 1.54) is 45.3 Å². The van der Waals surface area contributed by atoms with Crippen LogP contribution in [0.1, 0.15) is 39.5 Å². The van der Waals surface area contributed by atoms with Gasteiger partial charge in [0.1, 0.15) is 0 Å². The van der Waals surface area contributed by atoms with E-state index in [0.717, 1.165) is 24.5 Å². The van der Waals surface area contributed by atoms with Gasteiger partial charge in [0, 0.05) is 38.3 Å². The number of nitrogens with one attached hydrogen (secondary N) is 1. The molecule has 2 saturated heterocycles. The predicted molar refractivity (Wildman–Crippen MR) is 73.7 cm³/mol. The summed E-state index contributed by atoms with van der Waals surface area (Å²) < 4.78 is 5.84. The molecule has 3 nitrogen and oxygen atoms in total. The van der Waals surface area contributed by atoms with Gasteiger partial charge in [-0.3, -0.25) is 4.90 Å². The number of rotatable bonds is 4. The summed E-state index contributed by atoms with van der Waals surface area (Å²) in [5.41, 5.74) is 0. The molecule has 18 heavy (non-hydrogen) atoms. The molecule has 1 N–H and O–H groups in total. The van der Waals surface area contributed by atoms with Gasteiger partial charge in [-0.2, -0.15) is 0 Å². The van der Waals surface area contributed by atoms with Gasteiger partial charge in [-0.15, -0.1) is 0 Å². The van der Waals surface area contributed by atoms with Crippen LogP contribution in [0.25, 0.3) is 0 Å². The van der Waals surface area contributed by atoms with Gasteiger partial charge in [0.15, 0.2) is 0 Å². The van der Waals surface area contributed by atoms with E-state index in [9.17, 15) is 0 Å². The Bertz CT molecular complexity index is 270. The Morgan fingerprint density at radius 1 is 1.28 bits per heavy atom. The minimum absolute atomic E-state index is 0.511. The largest absolute Gasteiger partial charge is 0.377 e. The van der Waals surface area contributed by atoms with E-state index in [0.29, 0.717) is 12.1 Å². The van der Waals surface area contributed by atoms with Crippen molar-refractivity contribution in [3.05, 3.63) is 0 Å². The fourth-order valence-corrected chi connectivity index (χ4v) is 3.51. The Balaban J connectivity index is 1.60. The molecular formula is C15H28N2O. The molecule has 3 aliphatic rings. The molecule has 0 amide bonds. The van der Waals surface area contributed by atoms with Crippen LogP contribution in [0.4, 0.5) is 0 Å². The average Bonchev–Trinajstić information content (AvgIpc) is 3.07. The normalized spacial score (nSPS) is 38.5. The van der Waals surface area contributed by atoms with Crippen LogP contribution in [-0.2, 0) is 4.74 Å². The summed E-state index contributed by atoms with van der Waals surface area (Å²) >= 11 is 0. The summed E-state index contributed by atoms with van der Waals surface area (Å²) in [4.78, 5) is 2.74. The summed E-state index contributed by atoms with van der Waals surface area (Å²) in [6.07, 6.45) is 5.94. The molecule has 3 rings (SSSR count). The highest BCUT2D eigenvalue weighted by molar-refractivity contribution is 4.96. The van der Waals surface area contributed by atoms with E-state index in [2.05, 4.69) is 24.1 Å². The average molecular weight is 252 g/mol. The van der Waals surface area contributed by atoms with Crippen LogP contribution >= 0.6 is 0 Å². The van der Waals surface area contributed by atoms with Gasteiger partial charge < -0.3 is 10.1 Å². The first-order valence-electron chi connectivity index (χ1n) is 7.83. The van der Waals surface area contributed by atoms with Crippen molar-refractivity contribution in [2.75, 3.05) is 26.2 Å². The number of piperazine rings is 1. The molecule has 0 radical (unpaired) electrons. The van der Waals surface area contributed by atoms with Crippen LogP contribution in [0, 0.1) is 11.8 Å². The van der Waals surface area contributed by atoms with Gasteiger partial charge >= 0.3 is 0 Å². The lowest BCUT2D eigenvalue weighted by atomic mass is 9.97. The molecular weight excluding hydrogens is 224 g/mol. The van der Waals surface area contributed by atoms with Crippen LogP contribution < -0.4 is 5.32 Å². The standard InChI is InChI=1S/C15H28N2O/c1-11(2)14-10-17(9-13-4-3-7-18-13)15(8-16-14)12-5-6-12/h11-16H,3-10H2,1-2H3. The van der Waals surface area contributed by atoms with Crippen molar-refractivity contribution in [2.24, 2.45) is 11.8 Å². The highest BCUT2D eigenvalue weighted by atomic mass is 16.5. The second-order valence-electron chi connectivity index (χ2n) is 6.75.